The Morgan fingerprint density at radius 1 is 0.350 bits per heavy atom. The van der Waals surface area contributed by atoms with Crippen LogP contribution in [0, 0.1) is 0 Å². The molecule has 0 aliphatic rings. The molecule has 0 saturated carbocycles. The maximum absolute atomic E-state index is 6.49. The maximum atomic E-state index is 6.49. The number of fused-ring (bicyclic) bond motifs is 6. The van der Waals surface area contributed by atoms with Crippen LogP contribution < -0.4 is 4.90 Å². The Bertz CT molecular complexity index is 2140. The van der Waals surface area contributed by atoms with Gasteiger partial charge in [-0.25, -0.2) is 0 Å². The van der Waals surface area contributed by atoms with Gasteiger partial charge in [0.1, 0.15) is 11.2 Å². The summed E-state index contributed by atoms with van der Waals surface area (Å²) in [4.78, 5) is 2.28. The van der Waals surface area contributed by atoms with Gasteiger partial charge >= 0.3 is 0 Å². The summed E-state index contributed by atoms with van der Waals surface area (Å²) in [5.74, 6) is 0. The zero-order chi connectivity index (χ0) is 26.5. The normalized spacial score (nSPS) is 11.5. The lowest BCUT2D eigenvalue weighted by Crippen LogP contribution is -2.09. The van der Waals surface area contributed by atoms with Crippen molar-refractivity contribution in [3.63, 3.8) is 0 Å². The topological polar surface area (TPSA) is 16.4 Å². The van der Waals surface area contributed by atoms with Crippen LogP contribution in [0.5, 0.6) is 0 Å². The van der Waals surface area contributed by atoms with Gasteiger partial charge in [-0.1, -0.05) is 97.1 Å². The molecule has 0 spiro atoms. The highest BCUT2D eigenvalue weighted by Crippen LogP contribution is 2.40. The molecule has 8 rings (SSSR count). The molecule has 0 aliphatic heterocycles. The van der Waals surface area contributed by atoms with Crippen molar-refractivity contribution in [1.29, 1.82) is 0 Å². The summed E-state index contributed by atoms with van der Waals surface area (Å²) in [7, 11) is 0. The molecular formula is C38H25NO. The summed E-state index contributed by atoms with van der Waals surface area (Å²) < 4.78 is 6.49. The van der Waals surface area contributed by atoms with Gasteiger partial charge in [0, 0.05) is 33.9 Å². The number of hydrogen-bond acceptors (Lipinski definition) is 2. The molecule has 2 heteroatoms. The van der Waals surface area contributed by atoms with Crippen molar-refractivity contribution in [2.45, 2.75) is 0 Å². The number of nitrogens with zero attached hydrogens (tertiary/aromatic N) is 1. The third kappa shape index (κ3) is 3.73. The van der Waals surface area contributed by atoms with E-state index in [0.29, 0.717) is 0 Å². The van der Waals surface area contributed by atoms with E-state index in [0.717, 1.165) is 39.0 Å². The molecule has 1 aromatic heterocycles. The van der Waals surface area contributed by atoms with E-state index in [1.807, 2.05) is 6.07 Å². The fraction of sp³-hybridized carbons (Fsp3) is 0. The monoisotopic (exact) mass is 511 g/mol. The zero-order valence-corrected chi connectivity index (χ0v) is 21.8. The van der Waals surface area contributed by atoms with Gasteiger partial charge in [-0.2, -0.15) is 0 Å². The summed E-state index contributed by atoms with van der Waals surface area (Å²) in [6.07, 6.45) is 0. The van der Waals surface area contributed by atoms with Crippen LogP contribution in [0.4, 0.5) is 17.1 Å². The molecule has 0 radical (unpaired) electrons. The molecule has 1 heterocycles. The standard InChI is InChI=1S/C38H25NO/c1-3-9-26(10-4-1)27-17-19-31(20-18-27)39(30-12-5-2-6-13-30)32-21-22-34-36-25-35-29(23-37(36)40-38(34)24-32)16-15-28-11-7-8-14-33(28)35/h1-25H. The SMILES string of the molecule is c1ccc(-c2ccc(N(c3ccccc3)c3ccc4c(c3)oc3cc5ccc6ccccc6c5cc34)cc2)cc1. The molecule has 7 aromatic carbocycles. The zero-order valence-electron chi connectivity index (χ0n) is 21.8. The van der Waals surface area contributed by atoms with Crippen LogP contribution in [0.3, 0.4) is 0 Å². The quantitative estimate of drug-likeness (QED) is 0.218. The second-order valence-corrected chi connectivity index (χ2v) is 10.2. The van der Waals surface area contributed by atoms with Crippen LogP contribution in [0.15, 0.2) is 156 Å². The summed E-state index contributed by atoms with van der Waals surface area (Å²) >= 11 is 0. The first kappa shape index (κ1) is 22.6. The average molecular weight is 512 g/mol. The van der Waals surface area contributed by atoms with Gasteiger partial charge in [-0.15, -0.1) is 0 Å². The minimum atomic E-state index is 0.883. The predicted octanol–water partition coefficient (Wildman–Crippen LogP) is 11.0. The van der Waals surface area contributed by atoms with Crippen molar-refractivity contribution < 1.29 is 4.42 Å². The molecule has 8 aromatic rings. The number of para-hydroxylation sites is 1. The molecule has 40 heavy (non-hydrogen) atoms. The van der Waals surface area contributed by atoms with E-state index >= 15 is 0 Å². The van der Waals surface area contributed by atoms with Crippen molar-refractivity contribution >= 4 is 60.5 Å². The Kier molecular flexibility index (Phi) is 5.17. The van der Waals surface area contributed by atoms with E-state index in [1.165, 1.54) is 32.7 Å². The second kappa shape index (κ2) is 9.14. The fourth-order valence-corrected chi connectivity index (χ4v) is 5.86. The lowest BCUT2D eigenvalue weighted by atomic mass is 10.00. The molecular weight excluding hydrogens is 486 g/mol. The number of anilines is 3. The Balaban J connectivity index is 1.28. The van der Waals surface area contributed by atoms with Crippen molar-refractivity contribution in [1.82, 2.24) is 0 Å². The third-order valence-corrected chi connectivity index (χ3v) is 7.83. The maximum Gasteiger partial charge on any atom is 0.137 e. The predicted molar refractivity (Wildman–Crippen MR) is 169 cm³/mol. The fourth-order valence-electron chi connectivity index (χ4n) is 5.86. The summed E-state index contributed by atoms with van der Waals surface area (Å²) in [5.41, 5.74) is 7.46. The van der Waals surface area contributed by atoms with E-state index in [4.69, 9.17) is 4.42 Å². The molecule has 0 amide bonds. The highest BCUT2D eigenvalue weighted by molar-refractivity contribution is 6.16. The highest BCUT2D eigenvalue weighted by Gasteiger charge is 2.16. The van der Waals surface area contributed by atoms with E-state index < -0.39 is 0 Å². The summed E-state index contributed by atoms with van der Waals surface area (Å²) in [5, 5.41) is 7.23. The minimum Gasteiger partial charge on any atom is -0.456 e. The van der Waals surface area contributed by atoms with Crippen molar-refractivity contribution in [3.05, 3.63) is 152 Å². The molecule has 0 saturated heterocycles. The molecule has 188 valence electrons. The molecule has 0 aliphatic carbocycles. The molecule has 0 bridgehead atoms. The van der Waals surface area contributed by atoms with E-state index in [9.17, 15) is 0 Å². The summed E-state index contributed by atoms with van der Waals surface area (Å²) in [6, 6.07) is 53.7. The van der Waals surface area contributed by atoms with Crippen LogP contribution in [-0.4, -0.2) is 0 Å². The number of furan rings is 1. The van der Waals surface area contributed by atoms with Gasteiger partial charge < -0.3 is 9.32 Å². The molecule has 0 N–H and O–H groups in total. The molecule has 0 atom stereocenters. The Morgan fingerprint density at radius 2 is 0.975 bits per heavy atom. The first-order valence-electron chi connectivity index (χ1n) is 13.6. The Morgan fingerprint density at radius 3 is 1.80 bits per heavy atom. The number of hydrogen-bond donors (Lipinski definition) is 0. The largest absolute Gasteiger partial charge is 0.456 e. The first-order valence-corrected chi connectivity index (χ1v) is 13.6. The second-order valence-electron chi connectivity index (χ2n) is 10.2. The van der Waals surface area contributed by atoms with Crippen molar-refractivity contribution in [3.8, 4) is 11.1 Å². The number of benzene rings is 7. The van der Waals surface area contributed by atoms with Gasteiger partial charge in [-0.3, -0.25) is 0 Å². The minimum absolute atomic E-state index is 0.883. The van der Waals surface area contributed by atoms with E-state index in [2.05, 4.69) is 150 Å². The third-order valence-electron chi connectivity index (χ3n) is 7.83. The van der Waals surface area contributed by atoms with Crippen LogP contribution in [0.2, 0.25) is 0 Å². The van der Waals surface area contributed by atoms with Gasteiger partial charge in [0.05, 0.1) is 0 Å². The number of rotatable bonds is 4. The smallest absolute Gasteiger partial charge is 0.137 e. The van der Waals surface area contributed by atoms with E-state index in [1.54, 1.807) is 0 Å². The van der Waals surface area contributed by atoms with Crippen molar-refractivity contribution in [2.24, 2.45) is 0 Å². The van der Waals surface area contributed by atoms with Gasteiger partial charge in [0.25, 0.3) is 0 Å². The van der Waals surface area contributed by atoms with Gasteiger partial charge in [0.2, 0.25) is 0 Å². The van der Waals surface area contributed by atoms with Crippen LogP contribution in [-0.2, 0) is 0 Å². The van der Waals surface area contributed by atoms with Crippen LogP contribution in [0.25, 0.3) is 54.6 Å². The first-order chi connectivity index (χ1) is 19.8. The molecule has 0 unspecified atom stereocenters. The lowest BCUT2D eigenvalue weighted by Gasteiger charge is -2.25. The average Bonchev–Trinajstić information content (AvgIpc) is 3.38. The lowest BCUT2D eigenvalue weighted by molar-refractivity contribution is 0.669. The Hall–Kier alpha value is -5.34. The highest BCUT2D eigenvalue weighted by atomic mass is 16.3. The van der Waals surface area contributed by atoms with E-state index in [-0.39, 0.29) is 0 Å². The van der Waals surface area contributed by atoms with Gasteiger partial charge in [-0.05, 0) is 81.2 Å². The molecule has 2 nitrogen and oxygen atoms in total. The van der Waals surface area contributed by atoms with Gasteiger partial charge in [0.15, 0.2) is 0 Å². The van der Waals surface area contributed by atoms with Crippen LogP contribution >= 0.6 is 0 Å². The van der Waals surface area contributed by atoms with Crippen molar-refractivity contribution in [2.75, 3.05) is 4.90 Å². The van der Waals surface area contributed by atoms with Crippen LogP contribution in [0.1, 0.15) is 0 Å². The molecule has 0 fully saturated rings. The summed E-state index contributed by atoms with van der Waals surface area (Å²) in [6.45, 7) is 0. The Labute approximate surface area is 232 Å².